The molecule has 0 radical (unpaired) electrons. The Labute approximate surface area is 132 Å². The Hall–Kier alpha value is -1.30. The number of likely N-dealkylation sites (tertiary alicyclic amines) is 1. The van der Waals surface area contributed by atoms with Gasteiger partial charge in [-0.25, -0.2) is 0 Å². The van der Waals surface area contributed by atoms with Gasteiger partial charge >= 0.3 is 0 Å². The second-order valence-corrected chi connectivity index (χ2v) is 6.26. The third-order valence-corrected chi connectivity index (χ3v) is 4.93. The molecule has 2 aliphatic heterocycles. The van der Waals surface area contributed by atoms with Gasteiger partial charge in [0.2, 0.25) is 11.8 Å². The minimum atomic E-state index is -0.701. The van der Waals surface area contributed by atoms with Crippen LogP contribution >= 0.6 is 23.2 Å². The van der Waals surface area contributed by atoms with E-state index >= 15 is 0 Å². The zero-order chi connectivity index (χ0) is 15.2. The largest absolute Gasteiger partial charge is 0.340 e. The molecule has 1 saturated heterocycles. The minimum absolute atomic E-state index is 0.00399. The first-order valence-corrected chi connectivity index (χ1v) is 7.47. The van der Waals surface area contributed by atoms with Crippen LogP contribution in [0.2, 0.25) is 10.0 Å². The summed E-state index contributed by atoms with van der Waals surface area (Å²) in [7, 11) is 1.73. The molecule has 2 aliphatic rings. The zero-order valence-electron chi connectivity index (χ0n) is 11.5. The molecule has 2 heterocycles. The number of nitrogens with zero attached hydrogens (tertiary/aromatic N) is 1. The van der Waals surface area contributed by atoms with E-state index in [0.29, 0.717) is 35.2 Å². The van der Waals surface area contributed by atoms with Crippen LogP contribution in [-0.4, -0.2) is 43.4 Å². The molecule has 3 rings (SSSR count). The van der Waals surface area contributed by atoms with E-state index in [0.717, 1.165) is 5.56 Å². The van der Waals surface area contributed by atoms with Crippen molar-refractivity contribution in [1.82, 2.24) is 10.2 Å². The van der Waals surface area contributed by atoms with Crippen molar-refractivity contribution in [2.75, 3.05) is 32.0 Å². The van der Waals surface area contributed by atoms with Crippen LogP contribution in [0.4, 0.5) is 5.69 Å². The molecule has 0 bridgehead atoms. The Morgan fingerprint density at radius 1 is 1.43 bits per heavy atom. The molecule has 1 atom stereocenters. The molecular weight excluding hydrogens is 313 g/mol. The Bertz CT molecular complexity index is 635. The maximum absolute atomic E-state index is 12.5. The van der Waals surface area contributed by atoms with Crippen molar-refractivity contribution in [3.8, 4) is 0 Å². The molecule has 0 aromatic heterocycles. The van der Waals surface area contributed by atoms with E-state index in [-0.39, 0.29) is 18.4 Å². The van der Waals surface area contributed by atoms with Crippen LogP contribution in [0.15, 0.2) is 12.1 Å². The fourth-order valence-corrected chi connectivity index (χ4v) is 3.43. The second-order valence-electron chi connectivity index (χ2n) is 5.44. The molecule has 2 N–H and O–H groups in total. The smallest absolute Gasteiger partial charge is 0.237 e. The Morgan fingerprint density at radius 3 is 2.86 bits per heavy atom. The first-order chi connectivity index (χ1) is 9.98. The summed E-state index contributed by atoms with van der Waals surface area (Å²) < 4.78 is 0. The average molecular weight is 328 g/mol. The summed E-state index contributed by atoms with van der Waals surface area (Å²) in [5.74, 6) is -0.0914. The predicted octanol–water partition coefficient (Wildman–Crippen LogP) is 1.63. The van der Waals surface area contributed by atoms with Gasteiger partial charge in [-0.1, -0.05) is 23.2 Å². The van der Waals surface area contributed by atoms with Gasteiger partial charge in [-0.3, -0.25) is 9.59 Å². The topological polar surface area (TPSA) is 61.4 Å². The molecule has 7 heteroatoms. The van der Waals surface area contributed by atoms with Gasteiger partial charge in [0.25, 0.3) is 0 Å². The number of carbonyl (C=O) groups is 2. The van der Waals surface area contributed by atoms with E-state index in [1.807, 2.05) is 0 Å². The summed E-state index contributed by atoms with van der Waals surface area (Å²) in [6.07, 6.45) is 0.596. The number of amides is 2. The highest BCUT2D eigenvalue weighted by atomic mass is 35.5. The molecule has 0 aliphatic carbocycles. The SMILES string of the molecule is CNCC(=O)N1CC[C@]2(C1)C(=O)Nc1cc(Cl)c(Cl)cc12. The molecule has 1 fully saturated rings. The van der Waals surface area contributed by atoms with Crippen molar-refractivity contribution in [2.45, 2.75) is 11.8 Å². The van der Waals surface area contributed by atoms with Crippen LogP contribution in [0.5, 0.6) is 0 Å². The number of halogens is 2. The van der Waals surface area contributed by atoms with Crippen LogP contribution < -0.4 is 10.6 Å². The predicted molar refractivity (Wildman–Crippen MR) is 81.9 cm³/mol. The second kappa shape index (κ2) is 5.16. The molecule has 0 unspecified atom stereocenters. The summed E-state index contributed by atoms with van der Waals surface area (Å²) >= 11 is 12.1. The number of nitrogens with one attached hydrogen (secondary N) is 2. The lowest BCUT2D eigenvalue weighted by Crippen LogP contribution is -2.41. The summed E-state index contributed by atoms with van der Waals surface area (Å²) in [5, 5.41) is 6.53. The highest BCUT2D eigenvalue weighted by Gasteiger charge is 2.52. The highest BCUT2D eigenvalue weighted by Crippen LogP contribution is 2.46. The first-order valence-electron chi connectivity index (χ1n) is 6.71. The Kier molecular flexibility index (Phi) is 3.59. The third-order valence-electron chi connectivity index (χ3n) is 4.21. The molecule has 1 aromatic rings. The number of likely N-dealkylation sites (N-methyl/N-ethyl adjacent to an activating group) is 1. The third kappa shape index (κ3) is 2.20. The van der Waals surface area contributed by atoms with Crippen LogP contribution in [-0.2, 0) is 15.0 Å². The van der Waals surface area contributed by atoms with Gasteiger partial charge in [-0.2, -0.15) is 0 Å². The first kappa shape index (κ1) is 14.6. The van der Waals surface area contributed by atoms with Crippen molar-refractivity contribution < 1.29 is 9.59 Å². The molecule has 5 nitrogen and oxygen atoms in total. The molecular formula is C14H15Cl2N3O2. The maximum Gasteiger partial charge on any atom is 0.237 e. The Morgan fingerprint density at radius 2 is 2.14 bits per heavy atom. The van der Waals surface area contributed by atoms with Crippen molar-refractivity contribution in [2.24, 2.45) is 0 Å². The van der Waals surface area contributed by atoms with Gasteiger partial charge in [0.05, 0.1) is 22.0 Å². The lowest BCUT2D eigenvalue weighted by molar-refractivity contribution is -0.129. The Balaban J connectivity index is 1.96. The van der Waals surface area contributed by atoms with Crippen molar-refractivity contribution in [3.05, 3.63) is 27.7 Å². The number of hydrogen-bond donors (Lipinski definition) is 2. The fourth-order valence-electron chi connectivity index (χ4n) is 3.10. The summed E-state index contributed by atoms with van der Waals surface area (Å²) in [6, 6.07) is 3.41. The van der Waals surface area contributed by atoms with Gasteiger partial charge in [0.15, 0.2) is 0 Å². The van der Waals surface area contributed by atoms with Crippen LogP contribution in [0, 0.1) is 0 Å². The van der Waals surface area contributed by atoms with Gasteiger partial charge in [-0.05, 0) is 31.2 Å². The maximum atomic E-state index is 12.5. The number of benzene rings is 1. The van der Waals surface area contributed by atoms with E-state index in [1.54, 1.807) is 24.1 Å². The molecule has 1 spiro atoms. The number of hydrogen-bond acceptors (Lipinski definition) is 3. The van der Waals surface area contributed by atoms with E-state index in [9.17, 15) is 9.59 Å². The average Bonchev–Trinajstić information content (AvgIpc) is 2.98. The van der Waals surface area contributed by atoms with Gasteiger partial charge < -0.3 is 15.5 Å². The van der Waals surface area contributed by atoms with Gasteiger partial charge in [0.1, 0.15) is 0 Å². The number of fused-ring (bicyclic) bond motifs is 2. The van der Waals surface area contributed by atoms with E-state index in [2.05, 4.69) is 10.6 Å². The van der Waals surface area contributed by atoms with Crippen molar-refractivity contribution in [1.29, 1.82) is 0 Å². The number of rotatable bonds is 2. The van der Waals surface area contributed by atoms with Crippen LogP contribution in [0.25, 0.3) is 0 Å². The van der Waals surface area contributed by atoms with Crippen molar-refractivity contribution in [3.63, 3.8) is 0 Å². The quantitative estimate of drug-likeness (QED) is 0.868. The summed E-state index contributed by atoms with van der Waals surface area (Å²) in [5.41, 5.74) is 0.825. The van der Waals surface area contributed by atoms with E-state index < -0.39 is 5.41 Å². The number of anilines is 1. The van der Waals surface area contributed by atoms with E-state index in [4.69, 9.17) is 23.2 Å². The van der Waals surface area contributed by atoms with Crippen molar-refractivity contribution >= 4 is 40.7 Å². The van der Waals surface area contributed by atoms with Gasteiger partial charge in [-0.15, -0.1) is 0 Å². The minimum Gasteiger partial charge on any atom is -0.340 e. The van der Waals surface area contributed by atoms with Gasteiger partial charge in [0, 0.05) is 18.8 Å². The summed E-state index contributed by atoms with van der Waals surface area (Å²) in [4.78, 5) is 26.2. The summed E-state index contributed by atoms with van der Waals surface area (Å²) in [6.45, 7) is 1.21. The molecule has 0 saturated carbocycles. The van der Waals surface area contributed by atoms with E-state index in [1.165, 1.54) is 0 Å². The normalized spacial score (nSPS) is 23.6. The monoisotopic (exact) mass is 327 g/mol. The zero-order valence-corrected chi connectivity index (χ0v) is 13.0. The molecule has 112 valence electrons. The molecule has 1 aromatic carbocycles. The molecule has 2 amide bonds. The highest BCUT2D eigenvalue weighted by molar-refractivity contribution is 6.42. The number of carbonyl (C=O) groups excluding carboxylic acids is 2. The van der Waals surface area contributed by atoms with Crippen LogP contribution in [0.1, 0.15) is 12.0 Å². The fraction of sp³-hybridized carbons (Fsp3) is 0.429. The molecule has 21 heavy (non-hydrogen) atoms. The van der Waals surface area contributed by atoms with Crippen LogP contribution in [0.3, 0.4) is 0 Å². The standard InChI is InChI=1S/C14H15Cl2N3O2/c1-17-6-12(20)19-3-2-14(7-19)8-4-9(15)10(16)5-11(8)18-13(14)21/h4-5,17H,2-3,6-7H2,1H3,(H,18,21)/t14-/m1/s1. The lowest BCUT2D eigenvalue weighted by atomic mass is 9.81. The lowest BCUT2D eigenvalue weighted by Gasteiger charge is -2.22.